The van der Waals surface area contributed by atoms with Crippen molar-refractivity contribution >= 4 is 37.4 Å². The second-order valence-corrected chi connectivity index (χ2v) is 5.44. The number of benzene rings is 1. The van der Waals surface area contributed by atoms with Crippen LogP contribution in [-0.4, -0.2) is 11.2 Å². The third kappa shape index (κ3) is 2.00. The molecule has 1 aromatic heterocycles. The van der Waals surface area contributed by atoms with Gasteiger partial charge in [-0.1, -0.05) is 22.0 Å². The monoisotopic (exact) mass is 270 g/mol. The van der Waals surface area contributed by atoms with E-state index in [0.29, 0.717) is 0 Å². The molecule has 0 aliphatic carbocycles. The lowest BCUT2D eigenvalue weighted by molar-refractivity contribution is 0.196. The van der Waals surface area contributed by atoms with E-state index in [1.807, 2.05) is 19.1 Å². The van der Waals surface area contributed by atoms with Crippen molar-refractivity contribution in [3.8, 4) is 0 Å². The van der Waals surface area contributed by atoms with Crippen molar-refractivity contribution in [1.29, 1.82) is 0 Å². The Balaban J connectivity index is 2.46. The van der Waals surface area contributed by atoms with Gasteiger partial charge in [-0.2, -0.15) is 0 Å². The second-order valence-electron chi connectivity index (χ2n) is 3.42. The quantitative estimate of drug-likeness (QED) is 0.885. The fraction of sp³-hybridized carbons (Fsp3) is 0.273. The number of hydrogen-bond acceptors (Lipinski definition) is 2. The van der Waals surface area contributed by atoms with Gasteiger partial charge >= 0.3 is 0 Å². The summed E-state index contributed by atoms with van der Waals surface area (Å²) in [6, 6.07) is 8.34. The summed E-state index contributed by atoms with van der Waals surface area (Å²) in [5.41, 5.74) is 0. The van der Waals surface area contributed by atoms with Crippen LogP contribution < -0.4 is 0 Å². The largest absolute Gasteiger partial charge is 0.393 e. The van der Waals surface area contributed by atoms with Gasteiger partial charge in [0.15, 0.2) is 0 Å². The molecule has 0 aliphatic rings. The summed E-state index contributed by atoms with van der Waals surface area (Å²) in [6.45, 7) is 1.82. The van der Waals surface area contributed by atoms with Gasteiger partial charge in [-0.25, -0.2) is 0 Å². The summed E-state index contributed by atoms with van der Waals surface area (Å²) in [5, 5.41) is 10.5. The molecule has 3 heteroatoms. The Hall–Kier alpha value is -0.380. The number of rotatable bonds is 2. The van der Waals surface area contributed by atoms with Gasteiger partial charge < -0.3 is 5.11 Å². The van der Waals surface area contributed by atoms with Crippen molar-refractivity contribution in [3.63, 3.8) is 0 Å². The highest BCUT2D eigenvalue weighted by molar-refractivity contribution is 9.10. The fourth-order valence-electron chi connectivity index (χ4n) is 1.47. The fourth-order valence-corrected chi connectivity index (χ4v) is 3.29. The molecule has 1 unspecified atom stereocenters. The molecule has 2 aromatic rings. The van der Waals surface area contributed by atoms with Crippen LogP contribution in [0.3, 0.4) is 0 Å². The molecule has 0 amide bonds. The molecule has 2 rings (SSSR count). The summed E-state index contributed by atoms with van der Waals surface area (Å²) >= 11 is 5.27. The molecule has 1 atom stereocenters. The standard InChI is InChI=1S/C11H11BrOS/c1-7(13)5-8-6-9-10(12)3-2-4-11(9)14-8/h2-4,6-7,13H,5H2,1H3. The van der Waals surface area contributed by atoms with Gasteiger partial charge in [-0.05, 0) is 25.1 Å². The molecule has 1 heterocycles. The zero-order valence-corrected chi connectivity index (χ0v) is 10.2. The maximum atomic E-state index is 9.30. The van der Waals surface area contributed by atoms with Crippen LogP contribution >= 0.6 is 27.3 Å². The van der Waals surface area contributed by atoms with Crippen LogP contribution in [0.2, 0.25) is 0 Å². The van der Waals surface area contributed by atoms with Gasteiger partial charge in [0, 0.05) is 25.9 Å². The summed E-state index contributed by atoms with van der Waals surface area (Å²) in [4.78, 5) is 1.24. The number of fused-ring (bicyclic) bond motifs is 1. The number of halogens is 1. The minimum atomic E-state index is -0.262. The first-order valence-corrected chi connectivity index (χ1v) is 6.13. The van der Waals surface area contributed by atoms with E-state index >= 15 is 0 Å². The van der Waals surface area contributed by atoms with Crippen molar-refractivity contribution in [3.05, 3.63) is 33.6 Å². The summed E-state index contributed by atoms with van der Waals surface area (Å²) < 4.78 is 2.40. The first-order chi connectivity index (χ1) is 6.66. The third-order valence-electron chi connectivity index (χ3n) is 2.06. The maximum Gasteiger partial charge on any atom is 0.0560 e. The lowest BCUT2D eigenvalue weighted by atomic mass is 10.2. The second kappa shape index (κ2) is 4.01. The smallest absolute Gasteiger partial charge is 0.0560 e. The molecule has 1 aromatic carbocycles. The highest BCUT2D eigenvalue weighted by Gasteiger charge is 2.06. The Morgan fingerprint density at radius 2 is 2.29 bits per heavy atom. The van der Waals surface area contributed by atoms with Crippen LogP contribution in [0.25, 0.3) is 10.1 Å². The summed E-state index contributed by atoms with van der Waals surface area (Å²) in [5.74, 6) is 0. The van der Waals surface area contributed by atoms with E-state index in [0.717, 1.165) is 10.9 Å². The van der Waals surface area contributed by atoms with Crippen molar-refractivity contribution in [2.75, 3.05) is 0 Å². The van der Waals surface area contributed by atoms with Crippen LogP contribution in [0.15, 0.2) is 28.7 Å². The van der Waals surface area contributed by atoms with Gasteiger partial charge in [-0.3, -0.25) is 0 Å². The van der Waals surface area contributed by atoms with Gasteiger partial charge in [0.05, 0.1) is 6.10 Å². The van der Waals surface area contributed by atoms with Crippen molar-refractivity contribution in [1.82, 2.24) is 0 Å². The minimum Gasteiger partial charge on any atom is -0.393 e. The summed E-state index contributed by atoms with van der Waals surface area (Å²) in [7, 11) is 0. The number of aliphatic hydroxyl groups excluding tert-OH is 1. The molecule has 0 saturated carbocycles. The van der Waals surface area contributed by atoms with Gasteiger partial charge in [0.1, 0.15) is 0 Å². The van der Waals surface area contributed by atoms with Crippen molar-refractivity contribution < 1.29 is 5.11 Å². The van der Waals surface area contributed by atoms with E-state index in [1.54, 1.807) is 11.3 Å². The Morgan fingerprint density at radius 1 is 1.50 bits per heavy atom. The molecule has 0 radical (unpaired) electrons. The highest BCUT2D eigenvalue weighted by Crippen LogP contribution is 2.31. The molecule has 1 nitrogen and oxygen atoms in total. The topological polar surface area (TPSA) is 20.2 Å². The van der Waals surface area contributed by atoms with Gasteiger partial charge in [0.2, 0.25) is 0 Å². The Labute approximate surface area is 95.5 Å². The molecule has 1 N–H and O–H groups in total. The average Bonchev–Trinajstić information content (AvgIpc) is 2.47. The van der Waals surface area contributed by atoms with Gasteiger partial charge in [-0.15, -0.1) is 11.3 Å². The van der Waals surface area contributed by atoms with E-state index in [1.165, 1.54) is 15.0 Å². The van der Waals surface area contributed by atoms with E-state index < -0.39 is 0 Å². The molecular formula is C11H11BrOS. The lowest BCUT2D eigenvalue weighted by Crippen LogP contribution is -2.01. The van der Waals surface area contributed by atoms with E-state index in [9.17, 15) is 5.11 Å². The molecule has 74 valence electrons. The Bertz CT molecular complexity index is 447. The number of thiophene rings is 1. The van der Waals surface area contributed by atoms with Crippen LogP contribution in [0.1, 0.15) is 11.8 Å². The zero-order valence-electron chi connectivity index (χ0n) is 7.83. The SMILES string of the molecule is CC(O)Cc1cc2c(Br)cccc2s1. The third-order valence-corrected chi connectivity index (χ3v) is 3.87. The first kappa shape index (κ1) is 10.1. The van der Waals surface area contributed by atoms with Crippen LogP contribution in [0, 0.1) is 0 Å². The van der Waals surface area contributed by atoms with Crippen LogP contribution in [0.5, 0.6) is 0 Å². The van der Waals surface area contributed by atoms with Crippen LogP contribution in [-0.2, 0) is 6.42 Å². The average molecular weight is 271 g/mol. The summed E-state index contributed by atoms with van der Waals surface area (Å²) in [6.07, 6.45) is 0.480. The van der Waals surface area contributed by atoms with E-state index in [-0.39, 0.29) is 6.10 Å². The molecule has 0 bridgehead atoms. The van der Waals surface area contributed by atoms with Crippen molar-refractivity contribution in [2.24, 2.45) is 0 Å². The molecule has 14 heavy (non-hydrogen) atoms. The molecule has 0 fully saturated rings. The normalized spacial score (nSPS) is 13.4. The highest BCUT2D eigenvalue weighted by atomic mass is 79.9. The van der Waals surface area contributed by atoms with Crippen molar-refractivity contribution in [2.45, 2.75) is 19.4 Å². The van der Waals surface area contributed by atoms with Gasteiger partial charge in [0.25, 0.3) is 0 Å². The molecule has 0 spiro atoms. The predicted octanol–water partition coefficient (Wildman–Crippen LogP) is 3.59. The lowest BCUT2D eigenvalue weighted by Gasteiger charge is -1.98. The van der Waals surface area contributed by atoms with E-state index in [2.05, 4.69) is 28.1 Å². The molecular weight excluding hydrogens is 260 g/mol. The number of aliphatic hydroxyl groups is 1. The maximum absolute atomic E-state index is 9.30. The molecule has 0 aliphatic heterocycles. The Kier molecular flexibility index (Phi) is 2.91. The minimum absolute atomic E-state index is 0.262. The van der Waals surface area contributed by atoms with E-state index in [4.69, 9.17) is 0 Å². The zero-order chi connectivity index (χ0) is 10.1. The predicted molar refractivity (Wildman–Crippen MR) is 64.9 cm³/mol. The Morgan fingerprint density at radius 3 is 2.93 bits per heavy atom. The number of hydrogen-bond donors (Lipinski definition) is 1. The first-order valence-electron chi connectivity index (χ1n) is 4.52. The molecule has 0 saturated heterocycles. The van der Waals surface area contributed by atoms with Crippen LogP contribution in [0.4, 0.5) is 0 Å².